The highest BCUT2D eigenvalue weighted by Gasteiger charge is 2.39. The third-order valence-corrected chi connectivity index (χ3v) is 3.34. The molecule has 1 aromatic rings. The Labute approximate surface area is 101 Å². The van der Waals surface area contributed by atoms with Crippen LogP contribution in [0.4, 0.5) is 0 Å². The fraction of sp³-hybridized carbons (Fsp3) is 0.538. The lowest BCUT2D eigenvalue weighted by molar-refractivity contribution is -0.172. The maximum absolute atomic E-state index is 11.5. The van der Waals surface area contributed by atoms with Crippen molar-refractivity contribution in [3.05, 3.63) is 30.1 Å². The predicted molar refractivity (Wildman–Crippen MR) is 62.6 cm³/mol. The summed E-state index contributed by atoms with van der Waals surface area (Å²) in [6.07, 6.45) is 7.39. The molecule has 0 aliphatic heterocycles. The molecule has 0 radical (unpaired) electrons. The summed E-state index contributed by atoms with van der Waals surface area (Å²) in [6.45, 7) is 1.61. The quantitative estimate of drug-likeness (QED) is 0.870. The molecule has 0 bridgehead atoms. The lowest BCUT2D eigenvalue weighted by atomic mass is 9.96. The molecule has 1 aliphatic rings. The van der Waals surface area contributed by atoms with Crippen molar-refractivity contribution in [2.75, 3.05) is 0 Å². The van der Waals surface area contributed by atoms with Crippen LogP contribution in [0.25, 0.3) is 0 Å². The summed E-state index contributed by atoms with van der Waals surface area (Å²) in [6, 6.07) is 3.39. The fourth-order valence-electron chi connectivity index (χ4n) is 2.25. The van der Waals surface area contributed by atoms with Crippen LogP contribution in [0, 0.1) is 0 Å². The smallest absolute Gasteiger partial charge is 0.340 e. The maximum Gasteiger partial charge on any atom is 0.340 e. The molecular weight excluding hydrogens is 218 g/mol. The average molecular weight is 235 g/mol. The maximum atomic E-state index is 11.5. The van der Waals surface area contributed by atoms with Gasteiger partial charge in [0.1, 0.15) is 0 Å². The lowest BCUT2D eigenvalue weighted by Gasteiger charge is -2.29. The van der Waals surface area contributed by atoms with Crippen LogP contribution >= 0.6 is 0 Å². The third kappa shape index (κ3) is 2.47. The first kappa shape index (κ1) is 12.0. The van der Waals surface area contributed by atoms with Crippen LogP contribution in [-0.2, 0) is 15.1 Å². The van der Waals surface area contributed by atoms with E-state index in [2.05, 4.69) is 4.98 Å². The summed E-state index contributed by atoms with van der Waals surface area (Å²) < 4.78 is 5.82. The Hall–Kier alpha value is -1.42. The van der Waals surface area contributed by atoms with Crippen molar-refractivity contribution < 1.29 is 14.6 Å². The summed E-state index contributed by atoms with van der Waals surface area (Å²) in [4.78, 5) is 15.4. The second kappa shape index (κ2) is 4.84. The molecule has 17 heavy (non-hydrogen) atoms. The van der Waals surface area contributed by atoms with E-state index in [-0.39, 0.29) is 6.10 Å². The SMILES string of the molecule is CC(OC1CCCC1)(C(=O)O)c1ccncc1. The van der Waals surface area contributed by atoms with E-state index >= 15 is 0 Å². The van der Waals surface area contributed by atoms with Gasteiger partial charge in [-0.25, -0.2) is 4.79 Å². The van der Waals surface area contributed by atoms with E-state index in [9.17, 15) is 9.90 Å². The number of aliphatic carboxylic acids is 1. The van der Waals surface area contributed by atoms with Gasteiger partial charge < -0.3 is 9.84 Å². The van der Waals surface area contributed by atoms with Crippen LogP contribution in [0.3, 0.4) is 0 Å². The van der Waals surface area contributed by atoms with Gasteiger partial charge in [0.25, 0.3) is 0 Å². The zero-order chi connectivity index (χ0) is 12.3. The number of hydrogen-bond acceptors (Lipinski definition) is 3. The standard InChI is InChI=1S/C13H17NO3/c1-13(12(15)16,10-6-8-14-9-7-10)17-11-4-2-3-5-11/h6-9,11H,2-5H2,1H3,(H,15,16). The largest absolute Gasteiger partial charge is 0.479 e. The fourth-order valence-corrected chi connectivity index (χ4v) is 2.25. The highest BCUT2D eigenvalue weighted by molar-refractivity contribution is 5.78. The summed E-state index contributed by atoms with van der Waals surface area (Å²) in [7, 11) is 0. The van der Waals surface area contributed by atoms with Gasteiger partial charge in [0.05, 0.1) is 6.10 Å². The van der Waals surface area contributed by atoms with Gasteiger partial charge in [0, 0.05) is 12.4 Å². The molecule has 1 N–H and O–H groups in total. The van der Waals surface area contributed by atoms with Crippen LogP contribution in [0.2, 0.25) is 0 Å². The molecule has 0 saturated heterocycles. The van der Waals surface area contributed by atoms with Gasteiger partial charge in [-0.15, -0.1) is 0 Å². The number of nitrogens with zero attached hydrogens (tertiary/aromatic N) is 1. The van der Waals surface area contributed by atoms with Crippen molar-refractivity contribution in [3.63, 3.8) is 0 Å². The first-order valence-electron chi connectivity index (χ1n) is 5.94. The molecule has 1 fully saturated rings. The molecule has 1 aliphatic carbocycles. The third-order valence-electron chi connectivity index (χ3n) is 3.34. The van der Waals surface area contributed by atoms with Gasteiger partial charge in [0.2, 0.25) is 0 Å². The van der Waals surface area contributed by atoms with E-state index in [4.69, 9.17) is 4.74 Å². The second-order valence-electron chi connectivity index (χ2n) is 4.60. The van der Waals surface area contributed by atoms with Gasteiger partial charge in [-0.3, -0.25) is 4.98 Å². The van der Waals surface area contributed by atoms with Crippen molar-refractivity contribution >= 4 is 5.97 Å². The number of ether oxygens (including phenoxy) is 1. The van der Waals surface area contributed by atoms with Gasteiger partial charge in [-0.1, -0.05) is 12.8 Å². The van der Waals surface area contributed by atoms with Crippen LogP contribution < -0.4 is 0 Å². The predicted octanol–water partition coefficient (Wildman–Crippen LogP) is 2.34. The van der Waals surface area contributed by atoms with Crippen molar-refractivity contribution in [1.82, 2.24) is 4.98 Å². The Balaban J connectivity index is 2.23. The molecule has 1 saturated carbocycles. The number of rotatable bonds is 4. The highest BCUT2D eigenvalue weighted by atomic mass is 16.5. The number of carbonyl (C=O) groups is 1. The molecule has 0 aromatic carbocycles. The monoisotopic (exact) mass is 235 g/mol. The van der Waals surface area contributed by atoms with Crippen molar-refractivity contribution in [2.24, 2.45) is 0 Å². The first-order valence-corrected chi connectivity index (χ1v) is 5.94. The molecular formula is C13H17NO3. The molecule has 2 rings (SSSR count). The van der Waals surface area contributed by atoms with Crippen LogP contribution in [0.15, 0.2) is 24.5 Å². The van der Waals surface area contributed by atoms with Gasteiger partial charge in [0.15, 0.2) is 5.60 Å². The van der Waals surface area contributed by atoms with E-state index in [0.29, 0.717) is 5.56 Å². The van der Waals surface area contributed by atoms with E-state index in [1.807, 2.05) is 0 Å². The molecule has 1 atom stereocenters. The molecule has 92 valence electrons. The van der Waals surface area contributed by atoms with Crippen molar-refractivity contribution in [3.8, 4) is 0 Å². The zero-order valence-corrected chi connectivity index (χ0v) is 9.93. The Morgan fingerprint density at radius 1 is 1.41 bits per heavy atom. The molecule has 1 unspecified atom stereocenters. The van der Waals surface area contributed by atoms with Gasteiger partial charge >= 0.3 is 5.97 Å². The van der Waals surface area contributed by atoms with E-state index in [1.165, 1.54) is 0 Å². The number of hydrogen-bond donors (Lipinski definition) is 1. The van der Waals surface area contributed by atoms with Gasteiger partial charge in [-0.2, -0.15) is 0 Å². The number of pyridine rings is 1. The minimum atomic E-state index is -1.27. The van der Waals surface area contributed by atoms with Crippen LogP contribution in [0.1, 0.15) is 38.2 Å². The van der Waals surface area contributed by atoms with Gasteiger partial charge in [-0.05, 0) is 37.5 Å². The molecule has 0 amide bonds. The first-order chi connectivity index (χ1) is 8.13. The molecule has 1 heterocycles. The topological polar surface area (TPSA) is 59.4 Å². The van der Waals surface area contributed by atoms with E-state index in [1.54, 1.807) is 31.5 Å². The summed E-state index contributed by atoms with van der Waals surface area (Å²) in [5.41, 5.74) is -0.621. The Bertz CT molecular complexity index is 387. The Kier molecular flexibility index (Phi) is 3.43. The van der Waals surface area contributed by atoms with Crippen LogP contribution in [0.5, 0.6) is 0 Å². The molecule has 4 heteroatoms. The van der Waals surface area contributed by atoms with Crippen molar-refractivity contribution in [2.45, 2.75) is 44.3 Å². The number of carboxylic acids is 1. The Morgan fingerprint density at radius 3 is 2.53 bits per heavy atom. The van der Waals surface area contributed by atoms with E-state index < -0.39 is 11.6 Å². The summed E-state index contributed by atoms with van der Waals surface area (Å²) in [5.74, 6) is -0.949. The lowest BCUT2D eigenvalue weighted by Crippen LogP contribution is -2.38. The Morgan fingerprint density at radius 2 is 2.00 bits per heavy atom. The normalized spacial score (nSPS) is 20.1. The molecule has 1 aromatic heterocycles. The number of carboxylic acid groups (broad SMARTS) is 1. The average Bonchev–Trinajstić information content (AvgIpc) is 2.82. The van der Waals surface area contributed by atoms with E-state index in [0.717, 1.165) is 25.7 Å². The van der Waals surface area contributed by atoms with Crippen LogP contribution in [-0.4, -0.2) is 22.2 Å². The minimum absolute atomic E-state index is 0.0595. The molecule has 4 nitrogen and oxygen atoms in total. The zero-order valence-electron chi connectivity index (χ0n) is 9.93. The summed E-state index contributed by atoms with van der Waals surface area (Å²) >= 11 is 0. The van der Waals surface area contributed by atoms with Crippen molar-refractivity contribution in [1.29, 1.82) is 0 Å². The number of aromatic nitrogens is 1. The summed E-state index contributed by atoms with van der Waals surface area (Å²) in [5, 5.41) is 9.40. The highest BCUT2D eigenvalue weighted by Crippen LogP contribution is 2.32. The minimum Gasteiger partial charge on any atom is -0.479 e. The molecule has 0 spiro atoms. The second-order valence-corrected chi connectivity index (χ2v) is 4.60.